The summed E-state index contributed by atoms with van der Waals surface area (Å²) in [5, 5.41) is 3.11. The Hall–Kier alpha value is -2.61. The first kappa shape index (κ1) is 21.1. The van der Waals surface area contributed by atoms with Crippen molar-refractivity contribution in [2.24, 2.45) is 0 Å². The summed E-state index contributed by atoms with van der Waals surface area (Å²) in [6.45, 7) is 2.40. The minimum absolute atomic E-state index is 0.0163. The fourth-order valence-corrected chi connectivity index (χ4v) is 3.68. The van der Waals surface area contributed by atoms with Crippen molar-refractivity contribution >= 4 is 64.1 Å². The van der Waals surface area contributed by atoms with Crippen LogP contribution in [0.3, 0.4) is 0 Å². The number of hydrogen-bond donors (Lipinski definition) is 1. The Labute approximate surface area is 183 Å². The summed E-state index contributed by atoms with van der Waals surface area (Å²) >= 11 is 17.4. The third-order valence-corrected chi connectivity index (χ3v) is 4.83. The van der Waals surface area contributed by atoms with Crippen LogP contribution in [0.4, 0.5) is 5.69 Å². The summed E-state index contributed by atoms with van der Waals surface area (Å²) < 4.78 is 10.7. The molecule has 1 saturated heterocycles. The van der Waals surface area contributed by atoms with E-state index in [4.69, 9.17) is 44.9 Å². The van der Waals surface area contributed by atoms with Crippen LogP contribution in [0.15, 0.2) is 42.0 Å². The molecule has 150 valence electrons. The maximum atomic E-state index is 13.1. The van der Waals surface area contributed by atoms with Crippen molar-refractivity contribution in [1.82, 2.24) is 5.32 Å². The van der Waals surface area contributed by atoms with Crippen molar-refractivity contribution in [3.05, 3.63) is 57.6 Å². The molecule has 1 heterocycles. The number of amides is 2. The molecule has 29 heavy (non-hydrogen) atoms. The maximum absolute atomic E-state index is 13.1. The molecule has 1 N–H and O–H groups in total. The van der Waals surface area contributed by atoms with Gasteiger partial charge in [0.25, 0.3) is 11.8 Å². The maximum Gasteiger partial charge on any atom is 0.270 e. The van der Waals surface area contributed by atoms with Crippen LogP contribution in [-0.4, -0.2) is 30.6 Å². The molecule has 3 rings (SSSR count). The zero-order chi connectivity index (χ0) is 21.1. The van der Waals surface area contributed by atoms with Crippen molar-refractivity contribution in [3.8, 4) is 11.5 Å². The van der Waals surface area contributed by atoms with E-state index < -0.39 is 11.8 Å². The van der Waals surface area contributed by atoms with Crippen LogP contribution in [0.25, 0.3) is 6.08 Å². The lowest BCUT2D eigenvalue weighted by Gasteiger charge is -2.29. The molecule has 0 radical (unpaired) electrons. The normalized spacial score (nSPS) is 15.5. The lowest BCUT2D eigenvalue weighted by Crippen LogP contribution is -2.54. The minimum Gasteiger partial charge on any atom is -0.495 e. The summed E-state index contributed by atoms with van der Waals surface area (Å²) in [5.41, 5.74) is 0.748. The second-order valence-electron chi connectivity index (χ2n) is 5.89. The van der Waals surface area contributed by atoms with Gasteiger partial charge in [-0.25, -0.2) is 0 Å². The van der Waals surface area contributed by atoms with Gasteiger partial charge in [0.2, 0.25) is 0 Å². The molecule has 1 fully saturated rings. The second kappa shape index (κ2) is 8.82. The number of methoxy groups -OCH3 is 1. The number of thiocarbonyl (C=S) groups is 1. The van der Waals surface area contributed by atoms with Crippen molar-refractivity contribution in [2.45, 2.75) is 6.92 Å². The van der Waals surface area contributed by atoms with Gasteiger partial charge in [-0.2, -0.15) is 0 Å². The second-order valence-corrected chi connectivity index (χ2v) is 7.13. The van der Waals surface area contributed by atoms with E-state index in [1.54, 1.807) is 30.3 Å². The summed E-state index contributed by atoms with van der Waals surface area (Å²) in [6, 6.07) is 9.85. The molecular weight excluding hydrogens is 435 g/mol. The van der Waals surface area contributed by atoms with E-state index in [0.717, 1.165) is 0 Å². The lowest BCUT2D eigenvalue weighted by atomic mass is 10.1. The zero-order valence-corrected chi connectivity index (χ0v) is 17.8. The van der Waals surface area contributed by atoms with Gasteiger partial charge >= 0.3 is 0 Å². The molecule has 6 nitrogen and oxygen atoms in total. The zero-order valence-electron chi connectivity index (χ0n) is 15.5. The number of benzene rings is 2. The molecule has 0 aromatic heterocycles. The van der Waals surface area contributed by atoms with Gasteiger partial charge < -0.3 is 9.47 Å². The highest BCUT2D eigenvalue weighted by Gasteiger charge is 2.34. The number of rotatable bonds is 5. The molecule has 0 spiro atoms. The molecule has 0 aliphatic carbocycles. The van der Waals surface area contributed by atoms with Crippen LogP contribution in [0.1, 0.15) is 12.5 Å². The van der Waals surface area contributed by atoms with Crippen LogP contribution in [0, 0.1) is 0 Å². The quantitative estimate of drug-likeness (QED) is 0.419. The van der Waals surface area contributed by atoms with Gasteiger partial charge in [0.1, 0.15) is 17.1 Å². The summed E-state index contributed by atoms with van der Waals surface area (Å²) in [7, 11) is 1.43. The van der Waals surface area contributed by atoms with Crippen molar-refractivity contribution in [3.63, 3.8) is 0 Å². The standard InChI is InChI=1S/C20H16Cl2N2O4S/c1-3-28-14-6-4-13(5-7-14)24-19(26)15(18(25)23-20(24)29)9-11-8-12(21)10-16(22)17(11)27-2/h4-10H,3H2,1-2H3,(H,23,25,29). The van der Waals surface area contributed by atoms with Crippen LogP contribution in [0.5, 0.6) is 11.5 Å². The number of carbonyl (C=O) groups is 2. The Balaban J connectivity index is 2.02. The van der Waals surface area contributed by atoms with Gasteiger partial charge in [-0.05, 0) is 61.6 Å². The topological polar surface area (TPSA) is 67.9 Å². The van der Waals surface area contributed by atoms with Gasteiger partial charge in [0, 0.05) is 10.6 Å². The molecule has 1 aliphatic heterocycles. The average molecular weight is 451 g/mol. The van der Waals surface area contributed by atoms with E-state index in [-0.39, 0.29) is 15.7 Å². The Kier molecular flexibility index (Phi) is 6.42. The van der Waals surface area contributed by atoms with Crippen LogP contribution < -0.4 is 19.7 Å². The molecule has 0 saturated carbocycles. The number of anilines is 1. The van der Waals surface area contributed by atoms with Gasteiger partial charge in [-0.1, -0.05) is 23.2 Å². The van der Waals surface area contributed by atoms with E-state index in [2.05, 4.69) is 5.32 Å². The SMILES string of the molecule is CCOc1ccc(N2C(=O)C(=Cc3cc(Cl)cc(Cl)c3OC)C(=O)NC2=S)cc1. The lowest BCUT2D eigenvalue weighted by molar-refractivity contribution is -0.122. The van der Waals surface area contributed by atoms with Crippen LogP contribution in [0.2, 0.25) is 10.0 Å². The smallest absolute Gasteiger partial charge is 0.270 e. The van der Waals surface area contributed by atoms with Gasteiger partial charge in [-0.15, -0.1) is 0 Å². The molecule has 9 heteroatoms. The monoisotopic (exact) mass is 450 g/mol. The summed E-state index contributed by atoms with van der Waals surface area (Å²) in [5.74, 6) is -0.254. The largest absolute Gasteiger partial charge is 0.495 e. The number of ether oxygens (including phenoxy) is 2. The highest BCUT2D eigenvalue weighted by Crippen LogP contribution is 2.34. The van der Waals surface area contributed by atoms with Gasteiger partial charge in [0.05, 0.1) is 24.4 Å². The van der Waals surface area contributed by atoms with E-state index in [1.807, 2.05) is 6.92 Å². The van der Waals surface area contributed by atoms with Crippen LogP contribution in [-0.2, 0) is 9.59 Å². The number of nitrogens with one attached hydrogen (secondary N) is 1. The predicted octanol–water partition coefficient (Wildman–Crippen LogP) is 4.23. The van der Waals surface area contributed by atoms with Crippen molar-refractivity contribution in [1.29, 1.82) is 0 Å². The Morgan fingerprint density at radius 2 is 1.86 bits per heavy atom. The highest BCUT2D eigenvalue weighted by atomic mass is 35.5. The number of nitrogens with zero attached hydrogens (tertiary/aromatic N) is 1. The number of halogens is 2. The average Bonchev–Trinajstić information content (AvgIpc) is 2.66. The molecule has 0 unspecified atom stereocenters. The van der Waals surface area contributed by atoms with Crippen molar-refractivity contribution in [2.75, 3.05) is 18.6 Å². The molecule has 2 amide bonds. The number of carbonyl (C=O) groups excluding carboxylic acids is 2. The highest BCUT2D eigenvalue weighted by molar-refractivity contribution is 7.80. The van der Waals surface area contributed by atoms with E-state index in [9.17, 15) is 9.59 Å². The van der Waals surface area contributed by atoms with Gasteiger partial charge in [-0.3, -0.25) is 19.8 Å². The molecule has 0 atom stereocenters. The van der Waals surface area contributed by atoms with Gasteiger partial charge in [0.15, 0.2) is 5.11 Å². The first-order chi connectivity index (χ1) is 13.8. The fraction of sp³-hybridized carbons (Fsp3) is 0.150. The van der Waals surface area contributed by atoms with E-state index in [1.165, 1.54) is 24.2 Å². The third kappa shape index (κ3) is 4.37. The first-order valence-corrected chi connectivity index (χ1v) is 9.69. The summed E-state index contributed by atoms with van der Waals surface area (Å²) in [6.07, 6.45) is 1.37. The van der Waals surface area contributed by atoms with E-state index >= 15 is 0 Å². The predicted molar refractivity (Wildman–Crippen MR) is 117 cm³/mol. The fourth-order valence-electron chi connectivity index (χ4n) is 2.81. The summed E-state index contributed by atoms with van der Waals surface area (Å²) in [4.78, 5) is 26.8. The third-order valence-electron chi connectivity index (χ3n) is 4.05. The molecule has 2 aromatic rings. The Morgan fingerprint density at radius 1 is 1.17 bits per heavy atom. The molecule has 1 aliphatic rings. The number of hydrogen-bond acceptors (Lipinski definition) is 5. The molecule has 2 aromatic carbocycles. The van der Waals surface area contributed by atoms with E-state index in [0.29, 0.717) is 34.4 Å². The minimum atomic E-state index is -0.625. The Bertz CT molecular complexity index is 1020. The van der Waals surface area contributed by atoms with Crippen molar-refractivity contribution < 1.29 is 19.1 Å². The first-order valence-electron chi connectivity index (χ1n) is 8.53. The van der Waals surface area contributed by atoms with Crippen LogP contribution >= 0.6 is 35.4 Å². The molecular formula is C20H16Cl2N2O4S. The molecule has 0 bridgehead atoms. The Morgan fingerprint density at radius 3 is 2.48 bits per heavy atom.